The molecule has 0 unspecified atom stereocenters. The molecule has 0 radical (unpaired) electrons. The number of aliphatic hydroxyl groups excluding tert-OH is 1. The Kier molecular flexibility index (Phi) is 5.90. The number of rotatable bonds is 6. The van der Waals surface area contributed by atoms with E-state index in [1.165, 1.54) is 4.90 Å². The maximum absolute atomic E-state index is 12.3. The molecule has 21 heavy (non-hydrogen) atoms. The van der Waals surface area contributed by atoms with Gasteiger partial charge in [0.05, 0.1) is 13.0 Å². The molecule has 0 aliphatic heterocycles. The average Bonchev–Trinajstić information content (AvgIpc) is 2.41. The van der Waals surface area contributed by atoms with Crippen molar-refractivity contribution in [1.82, 2.24) is 4.90 Å². The summed E-state index contributed by atoms with van der Waals surface area (Å²) in [6.45, 7) is 6.31. The number of carboxylic acids is 1. The van der Waals surface area contributed by atoms with Gasteiger partial charge in [-0.15, -0.1) is 0 Å². The van der Waals surface area contributed by atoms with Crippen LogP contribution in [-0.4, -0.2) is 46.7 Å². The lowest BCUT2D eigenvalue weighted by atomic mass is 9.86. The van der Waals surface area contributed by atoms with Gasteiger partial charge < -0.3 is 15.1 Å². The second-order valence-electron chi connectivity index (χ2n) is 5.99. The molecule has 1 aromatic rings. The predicted molar refractivity (Wildman–Crippen MR) is 80.4 cm³/mol. The van der Waals surface area contributed by atoms with E-state index in [-0.39, 0.29) is 37.4 Å². The van der Waals surface area contributed by atoms with Crippen molar-refractivity contribution in [2.24, 2.45) is 0 Å². The van der Waals surface area contributed by atoms with E-state index in [4.69, 9.17) is 10.2 Å². The van der Waals surface area contributed by atoms with Crippen molar-refractivity contribution in [2.75, 3.05) is 19.7 Å². The summed E-state index contributed by atoms with van der Waals surface area (Å²) in [6.07, 6.45) is -0.133. The third-order valence-corrected chi connectivity index (χ3v) is 3.25. The first kappa shape index (κ1) is 17.2. The van der Waals surface area contributed by atoms with Crippen LogP contribution in [0.2, 0.25) is 0 Å². The van der Waals surface area contributed by atoms with Gasteiger partial charge in [-0.2, -0.15) is 0 Å². The molecule has 5 heteroatoms. The highest BCUT2D eigenvalue weighted by Gasteiger charge is 2.18. The summed E-state index contributed by atoms with van der Waals surface area (Å²) >= 11 is 0. The van der Waals surface area contributed by atoms with Crippen LogP contribution in [0, 0.1) is 0 Å². The largest absolute Gasteiger partial charge is 0.481 e. The average molecular weight is 293 g/mol. The van der Waals surface area contributed by atoms with E-state index < -0.39 is 5.97 Å². The van der Waals surface area contributed by atoms with Crippen LogP contribution < -0.4 is 0 Å². The van der Waals surface area contributed by atoms with Gasteiger partial charge >= 0.3 is 5.97 Å². The Morgan fingerprint density at radius 3 is 2.10 bits per heavy atom. The molecule has 0 bridgehead atoms. The zero-order valence-electron chi connectivity index (χ0n) is 12.8. The number of nitrogens with zero attached hydrogens (tertiary/aromatic N) is 1. The Bertz CT molecular complexity index is 488. The van der Waals surface area contributed by atoms with E-state index in [9.17, 15) is 9.59 Å². The van der Waals surface area contributed by atoms with Gasteiger partial charge in [0.1, 0.15) is 0 Å². The number of benzene rings is 1. The van der Waals surface area contributed by atoms with E-state index in [0.717, 1.165) is 5.56 Å². The van der Waals surface area contributed by atoms with Crippen LogP contribution in [0.15, 0.2) is 24.3 Å². The number of carbonyl (C=O) groups excluding carboxylic acids is 1. The quantitative estimate of drug-likeness (QED) is 0.839. The van der Waals surface area contributed by atoms with Gasteiger partial charge in [-0.1, -0.05) is 32.9 Å². The van der Waals surface area contributed by atoms with Crippen molar-refractivity contribution < 1.29 is 19.8 Å². The predicted octanol–water partition coefficient (Wildman–Crippen LogP) is 1.89. The van der Waals surface area contributed by atoms with Crippen LogP contribution in [0.25, 0.3) is 0 Å². The molecule has 0 fully saturated rings. The Morgan fingerprint density at radius 2 is 1.67 bits per heavy atom. The maximum Gasteiger partial charge on any atom is 0.305 e. The fourth-order valence-corrected chi connectivity index (χ4v) is 1.96. The van der Waals surface area contributed by atoms with Crippen molar-refractivity contribution in [3.05, 3.63) is 35.4 Å². The Labute approximate surface area is 125 Å². The molecule has 0 saturated carbocycles. The summed E-state index contributed by atoms with van der Waals surface area (Å²) < 4.78 is 0. The first-order chi connectivity index (χ1) is 9.75. The molecular weight excluding hydrogens is 270 g/mol. The van der Waals surface area contributed by atoms with Crippen LogP contribution in [-0.2, 0) is 10.2 Å². The highest BCUT2D eigenvalue weighted by Crippen LogP contribution is 2.22. The van der Waals surface area contributed by atoms with Gasteiger partial charge in [-0.05, 0) is 23.1 Å². The number of hydrogen-bond acceptors (Lipinski definition) is 3. The second-order valence-corrected chi connectivity index (χ2v) is 5.99. The molecule has 0 aromatic heterocycles. The highest BCUT2D eigenvalue weighted by molar-refractivity contribution is 5.94. The number of aliphatic hydroxyl groups is 1. The van der Waals surface area contributed by atoms with Crippen LogP contribution in [0.5, 0.6) is 0 Å². The molecular formula is C16H23NO4. The highest BCUT2D eigenvalue weighted by atomic mass is 16.4. The van der Waals surface area contributed by atoms with Crippen molar-refractivity contribution in [3.63, 3.8) is 0 Å². The van der Waals surface area contributed by atoms with Crippen molar-refractivity contribution >= 4 is 11.9 Å². The first-order valence-electron chi connectivity index (χ1n) is 6.98. The minimum atomic E-state index is -0.964. The molecule has 5 nitrogen and oxygen atoms in total. The van der Waals surface area contributed by atoms with Crippen LogP contribution in [0.1, 0.15) is 43.1 Å². The van der Waals surface area contributed by atoms with Crippen LogP contribution in [0.4, 0.5) is 0 Å². The Balaban J connectivity index is 2.85. The lowest BCUT2D eigenvalue weighted by Crippen LogP contribution is -2.35. The lowest BCUT2D eigenvalue weighted by Gasteiger charge is -2.22. The number of hydrogen-bond donors (Lipinski definition) is 2. The van der Waals surface area contributed by atoms with Gasteiger partial charge in [-0.25, -0.2) is 0 Å². The van der Waals surface area contributed by atoms with Crippen molar-refractivity contribution in [1.29, 1.82) is 0 Å². The molecule has 1 aromatic carbocycles. The Morgan fingerprint density at radius 1 is 1.10 bits per heavy atom. The lowest BCUT2D eigenvalue weighted by molar-refractivity contribution is -0.137. The normalized spacial score (nSPS) is 11.2. The molecule has 1 amide bonds. The maximum atomic E-state index is 12.3. The summed E-state index contributed by atoms with van der Waals surface area (Å²) in [5, 5.41) is 17.7. The van der Waals surface area contributed by atoms with E-state index in [1.54, 1.807) is 12.1 Å². The van der Waals surface area contributed by atoms with E-state index >= 15 is 0 Å². The van der Waals surface area contributed by atoms with Gasteiger partial charge in [0, 0.05) is 18.7 Å². The number of carboxylic acid groups (broad SMARTS) is 1. The van der Waals surface area contributed by atoms with Gasteiger partial charge in [0.15, 0.2) is 0 Å². The molecule has 2 N–H and O–H groups in total. The zero-order chi connectivity index (χ0) is 16.0. The smallest absolute Gasteiger partial charge is 0.305 e. The third-order valence-electron chi connectivity index (χ3n) is 3.25. The first-order valence-corrected chi connectivity index (χ1v) is 6.98. The Hall–Kier alpha value is -1.88. The summed E-state index contributed by atoms with van der Waals surface area (Å²) in [6, 6.07) is 7.30. The van der Waals surface area contributed by atoms with Crippen LogP contribution >= 0.6 is 0 Å². The molecule has 0 saturated heterocycles. The van der Waals surface area contributed by atoms with E-state index in [2.05, 4.69) is 20.8 Å². The number of aliphatic carboxylic acids is 1. The molecule has 0 aliphatic carbocycles. The molecule has 0 atom stereocenters. The standard InChI is InChI=1S/C16H23NO4/c1-16(2,3)13-6-4-12(5-7-13)15(21)17(10-11-18)9-8-14(19)20/h4-7,18H,8-11H2,1-3H3,(H,19,20). The monoisotopic (exact) mass is 293 g/mol. The number of amides is 1. The number of carbonyl (C=O) groups is 2. The minimum Gasteiger partial charge on any atom is -0.481 e. The summed E-state index contributed by atoms with van der Waals surface area (Å²) in [4.78, 5) is 24.3. The van der Waals surface area contributed by atoms with Crippen LogP contribution in [0.3, 0.4) is 0 Å². The summed E-state index contributed by atoms with van der Waals surface area (Å²) in [5.41, 5.74) is 1.63. The van der Waals surface area contributed by atoms with Gasteiger partial charge in [0.2, 0.25) is 0 Å². The second kappa shape index (κ2) is 7.22. The van der Waals surface area contributed by atoms with E-state index in [0.29, 0.717) is 5.56 Å². The zero-order valence-corrected chi connectivity index (χ0v) is 12.8. The molecule has 0 heterocycles. The fraction of sp³-hybridized carbons (Fsp3) is 0.500. The molecule has 0 spiro atoms. The minimum absolute atomic E-state index is 0.00959. The molecule has 0 aliphatic rings. The molecule has 116 valence electrons. The van der Waals surface area contributed by atoms with Gasteiger partial charge in [-0.3, -0.25) is 9.59 Å². The van der Waals surface area contributed by atoms with E-state index in [1.807, 2.05) is 12.1 Å². The summed E-state index contributed by atoms with van der Waals surface area (Å²) in [5.74, 6) is -1.22. The SMILES string of the molecule is CC(C)(C)c1ccc(C(=O)N(CCO)CCC(=O)O)cc1. The summed E-state index contributed by atoms with van der Waals surface area (Å²) in [7, 11) is 0. The third kappa shape index (κ3) is 5.19. The van der Waals surface area contributed by atoms with Crippen molar-refractivity contribution in [2.45, 2.75) is 32.6 Å². The molecule has 1 rings (SSSR count). The topological polar surface area (TPSA) is 77.8 Å². The van der Waals surface area contributed by atoms with Gasteiger partial charge in [0.25, 0.3) is 5.91 Å². The van der Waals surface area contributed by atoms with Crippen molar-refractivity contribution in [3.8, 4) is 0 Å². The fourth-order valence-electron chi connectivity index (χ4n) is 1.96.